The van der Waals surface area contributed by atoms with Crippen LogP contribution in [0.1, 0.15) is 84.1 Å². The lowest BCUT2D eigenvalue weighted by Gasteiger charge is -2.52. The fourth-order valence-electron chi connectivity index (χ4n) is 8.83. The first-order chi connectivity index (χ1) is 19.8. The molecule has 6 nitrogen and oxygen atoms in total. The van der Waals surface area contributed by atoms with Crippen molar-refractivity contribution in [3.05, 3.63) is 70.6 Å². The Morgan fingerprint density at radius 1 is 1.10 bits per heavy atom. The maximum Gasteiger partial charge on any atom is 0.343 e. The van der Waals surface area contributed by atoms with Crippen LogP contribution in [0, 0.1) is 29.6 Å². The SMILES string of the molecule is COC1=C(C)C(=O)OC1=C1OC2=CCCN3[C@H]([C@@H](O)CCCC(C)C)[C@H]4CC[C@H](c5ccccc5)[C@@H]4C[C@@H]3[C@@H]2[C@H]1C. The Labute approximate surface area is 245 Å². The first-order valence-corrected chi connectivity index (χ1v) is 15.9. The lowest BCUT2D eigenvalue weighted by molar-refractivity contribution is -0.133. The van der Waals surface area contributed by atoms with E-state index in [1.165, 1.54) is 18.4 Å². The Balaban J connectivity index is 1.36. The van der Waals surface area contributed by atoms with Gasteiger partial charge in [0.2, 0.25) is 5.76 Å². The highest BCUT2D eigenvalue weighted by atomic mass is 16.6. The molecule has 3 fully saturated rings. The Kier molecular flexibility index (Phi) is 8.08. The Morgan fingerprint density at radius 2 is 1.88 bits per heavy atom. The molecule has 0 spiro atoms. The van der Waals surface area contributed by atoms with Crippen molar-refractivity contribution in [3.63, 3.8) is 0 Å². The normalized spacial score (nSPS) is 35.8. The number of aliphatic hydroxyl groups is 1. The summed E-state index contributed by atoms with van der Waals surface area (Å²) in [6.45, 7) is 9.42. The van der Waals surface area contributed by atoms with Crippen LogP contribution in [0.4, 0.5) is 0 Å². The minimum atomic E-state index is -0.371. The zero-order valence-corrected chi connectivity index (χ0v) is 25.3. The molecule has 222 valence electrons. The maximum absolute atomic E-state index is 12.5. The molecule has 1 aromatic carbocycles. The number of rotatable bonds is 7. The largest absolute Gasteiger partial charge is 0.492 e. The van der Waals surface area contributed by atoms with Gasteiger partial charge in [-0.25, -0.2) is 4.79 Å². The van der Waals surface area contributed by atoms with E-state index in [0.717, 1.165) is 44.4 Å². The highest BCUT2D eigenvalue weighted by Gasteiger charge is 2.56. The van der Waals surface area contributed by atoms with E-state index >= 15 is 0 Å². The number of allylic oxidation sites excluding steroid dienone is 1. The summed E-state index contributed by atoms with van der Waals surface area (Å²) in [7, 11) is 1.58. The number of aliphatic hydroxyl groups excluding tert-OH is 1. The molecule has 1 N–H and O–H groups in total. The van der Waals surface area contributed by atoms with Crippen molar-refractivity contribution in [2.75, 3.05) is 13.7 Å². The Morgan fingerprint density at radius 3 is 2.61 bits per heavy atom. The molecular formula is C35H47NO5. The summed E-state index contributed by atoms with van der Waals surface area (Å²) in [6, 6.07) is 11.4. The van der Waals surface area contributed by atoms with Gasteiger partial charge in [0.05, 0.1) is 18.8 Å². The number of esters is 1. The van der Waals surface area contributed by atoms with Gasteiger partial charge in [-0.3, -0.25) is 4.90 Å². The molecule has 0 radical (unpaired) electrons. The van der Waals surface area contributed by atoms with Crippen molar-refractivity contribution < 1.29 is 24.1 Å². The zero-order valence-electron chi connectivity index (χ0n) is 25.3. The van der Waals surface area contributed by atoms with Crippen LogP contribution in [0.25, 0.3) is 0 Å². The Bertz CT molecular complexity index is 1230. The third kappa shape index (κ3) is 5.05. The van der Waals surface area contributed by atoms with Gasteiger partial charge in [-0.05, 0) is 74.3 Å². The van der Waals surface area contributed by atoms with Crippen LogP contribution in [-0.4, -0.2) is 47.8 Å². The van der Waals surface area contributed by atoms with Crippen molar-refractivity contribution in [1.82, 2.24) is 4.90 Å². The maximum atomic E-state index is 12.5. The number of methoxy groups -OCH3 is 1. The molecule has 41 heavy (non-hydrogen) atoms. The van der Waals surface area contributed by atoms with E-state index in [0.29, 0.717) is 46.5 Å². The molecule has 1 saturated carbocycles. The summed E-state index contributed by atoms with van der Waals surface area (Å²) in [5.41, 5.74) is 1.92. The molecule has 2 saturated heterocycles. The molecule has 5 aliphatic rings. The predicted molar refractivity (Wildman–Crippen MR) is 158 cm³/mol. The second-order valence-electron chi connectivity index (χ2n) is 13.4. The van der Waals surface area contributed by atoms with E-state index in [1.807, 2.05) is 0 Å². The van der Waals surface area contributed by atoms with Gasteiger partial charge in [0.25, 0.3) is 0 Å². The number of nitrogens with zero attached hydrogens (tertiary/aromatic N) is 1. The molecule has 0 aromatic heterocycles. The fraction of sp³-hybridized carbons (Fsp3) is 0.629. The van der Waals surface area contributed by atoms with Gasteiger partial charge in [-0.2, -0.15) is 0 Å². The van der Waals surface area contributed by atoms with Crippen molar-refractivity contribution in [3.8, 4) is 0 Å². The number of carbonyl (C=O) groups excluding carboxylic acids is 1. The van der Waals surface area contributed by atoms with Crippen molar-refractivity contribution >= 4 is 5.97 Å². The van der Waals surface area contributed by atoms with E-state index in [1.54, 1.807) is 14.0 Å². The van der Waals surface area contributed by atoms with Crippen molar-refractivity contribution in [1.29, 1.82) is 0 Å². The summed E-state index contributed by atoms with van der Waals surface area (Å²) in [5.74, 6) is 4.57. The lowest BCUT2D eigenvalue weighted by Crippen LogP contribution is -2.60. The van der Waals surface area contributed by atoms with Crippen LogP contribution in [0.5, 0.6) is 0 Å². The monoisotopic (exact) mass is 561 g/mol. The van der Waals surface area contributed by atoms with E-state index in [4.69, 9.17) is 14.2 Å². The summed E-state index contributed by atoms with van der Waals surface area (Å²) in [5, 5.41) is 11.9. The first kappa shape index (κ1) is 28.5. The van der Waals surface area contributed by atoms with Gasteiger partial charge < -0.3 is 19.3 Å². The van der Waals surface area contributed by atoms with E-state index in [9.17, 15) is 9.90 Å². The van der Waals surface area contributed by atoms with Crippen molar-refractivity contribution in [2.45, 2.75) is 96.7 Å². The molecule has 1 aliphatic carbocycles. The molecule has 6 rings (SSSR count). The second-order valence-corrected chi connectivity index (χ2v) is 13.4. The smallest absolute Gasteiger partial charge is 0.343 e. The number of piperidine rings is 1. The van der Waals surface area contributed by atoms with Crippen LogP contribution in [0.3, 0.4) is 0 Å². The van der Waals surface area contributed by atoms with Gasteiger partial charge in [0, 0.05) is 30.5 Å². The molecule has 8 atom stereocenters. The molecule has 1 aromatic rings. The third-order valence-electron chi connectivity index (χ3n) is 10.7. The predicted octanol–water partition coefficient (Wildman–Crippen LogP) is 6.69. The van der Waals surface area contributed by atoms with Gasteiger partial charge in [0.15, 0.2) is 11.5 Å². The topological polar surface area (TPSA) is 68.2 Å². The minimum Gasteiger partial charge on any atom is -0.492 e. The average molecular weight is 562 g/mol. The number of hydrogen-bond donors (Lipinski definition) is 1. The summed E-state index contributed by atoms with van der Waals surface area (Å²) in [4.78, 5) is 15.1. The quantitative estimate of drug-likeness (QED) is 0.374. The molecule has 0 bridgehead atoms. The van der Waals surface area contributed by atoms with Crippen LogP contribution in [0.2, 0.25) is 0 Å². The minimum absolute atomic E-state index is 0.0255. The number of fused-ring (bicyclic) bond motifs is 4. The summed E-state index contributed by atoms with van der Waals surface area (Å²) in [6.07, 6.45) is 9.31. The van der Waals surface area contributed by atoms with E-state index < -0.39 is 0 Å². The van der Waals surface area contributed by atoms with E-state index in [2.05, 4.69) is 62.1 Å². The highest BCUT2D eigenvalue weighted by molar-refractivity contribution is 5.93. The summed E-state index contributed by atoms with van der Waals surface area (Å²) >= 11 is 0. The van der Waals surface area contributed by atoms with Gasteiger partial charge in [0.1, 0.15) is 5.76 Å². The zero-order chi connectivity index (χ0) is 28.8. The molecular weight excluding hydrogens is 514 g/mol. The molecule has 4 heterocycles. The first-order valence-electron chi connectivity index (χ1n) is 15.9. The van der Waals surface area contributed by atoms with Gasteiger partial charge in [-0.1, -0.05) is 63.9 Å². The summed E-state index contributed by atoms with van der Waals surface area (Å²) < 4.78 is 17.9. The van der Waals surface area contributed by atoms with Crippen LogP contribution >= 0.6 is 0 Å². The molecule has 0 unspecified atom stereocenters. The van der Waals surface area contributed by atoms with Crippen LogP contribution < -0.4 is 0 Å². The second kappa shape index (κ2) is 11.6. The number of cyclic esters (lactones) is 1. The number of benzene rings is 1. The average Bonchev–Trinajstić information content (AvgIpc) is 3.56. The van der Waals surface area contributed by atoms with E-state index in [-0.39, 0.29) is 36.0 Å². The Hall–Kier alpha value is -2.57. The number of hydrogen-bond acceptors (Lipinski definition) is 6. The lowest BCUT2D eigenvalue weighted by atomic mass is 9.68. The van der Waals surface area contributed by atoms with Gasteiger partial charge in [-0.15, -0.1) is 0 Å². The number of carbonyl (C=O) groups is 1. The third-order valence-corrected chi connectivity index (χ3v) is 10.7. The fourth-order valence-corrected chi connectivity index (χ4v) is 8.83. The van der Waals surface area contributed by atoms with Crippen LogP contribution in [-0.2, 0) is 19.0 Å². The standard InChI is InChI=1S/C35H47NO5/c1-20(2)11-9-14-28(37)31-25-17-16-24(23-12-7-6-8-13-23)26(25)19-27-30-21(3)33(40-29(30)15-10-18-36(27)31)34-32(39-5)22(4)35(38)41-34/h6-8,12-13,15,20-21,24-28,30-31,37H,9-11,14,16-19H2,1-5H3/t21-,24-,25+,26+,27-,28+,30+,31+/m1/s1. The van der Waals surface area contributed by atoms with Crippen LogP contribution in [0.15, 0.2) is 65.0 Å². The van der Waals surface area contributed by atoms with Gasteiger partial charge >= 0.3 is 5.97 Å². The molecule has 4 aliphatic heterocycles. The highest BCUT2D eigenvalue weighted by Crippen LogP contribution is 2.57. The molecule has 0 amide bonds. The van der Waals surface area contributed by atoms with Crippen molar-refractivity contribution in [2.24, 2.45) is 29.6 Å². The number of ether oxygens (including phenoxy) is 3. The molecule has 6 heteroatoms.